The van der Waals surface area contributed by atoms with Crippen LogP contribution >= 0.6 is 0 Å². The number of aryl methyl sites for hydroxylation is 2. The van der Waals surface area contributed by atoms with Gasteiger partial charge in [0.25, 0.3) is 0 Å². The predicted molar refractivity (Wildman–Crippen MR) is 201 cm³/mol. The maximum atomic E-state index is 13.9. The summed E-state index contributed by atoms with van der Waals surface area (Å²) in [6.07, 6.45) is 8.82. The fourth-order valence-electron chi connectivity index (χ4n) is 7.63. The average molecular weight is 688 g/mol. The molecule has 2 heterocycles. The topological polar surface area (TPSA) is 82.0 Å². The predicted octanol–water partition coefficient (Wildman–Crippen LogP) is 9.53. The van der Waals surface area contributed by atoms with E-state index in [1.165, 1.54) is 33.2 Å². The highest BCUT2D eigenvalue weighted by atomic mass is 16.6. The van der Waals surface area contributed by atoms with Crippen LogP contribution in [0.1, 0.15) is 122 Å². The van der Waals surface area contributed by atoms with E-state index in [2.05, 4.69) is 72.4 Å². The smallest absolute Gasteiger partial charge is 0.410 e. The van der Waals surface area contributed by atoms with Crippen LogP contribution in [0.5, 0.6) is 0 Å². The number of alkyl carbamates (subject to hydrolysis) is 1. The van der Waals surface area contributed by atoms with E-state index in [0.29, 0.717) is 12.5 Å². The molecule has 1 aliphatic carbocycles. The number of nitrogens with one attached hydrogen (secondary N) is 1. The molecule has 2 aliphatic rings. The number of hydrogen-bond donors (Lipinski definition) is 1. The zero-order valence-corrected chi connectivity index (χ0v) is 31.8. The summed E-state index contributed by atoms with van der Waals surface area (Å²) in [7, 11) is 0. The van der Waals surface area contributed by atoms with Gasteiger partial charge in [-0.3, -0.25) is 0 Å². The third-order valence-electron chi connectivity index (χ3n) is 10.1. The first-order valence-electron chi connectivity index (χ1n) is 18.9. The Kier molecular flexibility index (Phi) is 12.2. The van der Waals surface area contributed by atoms with Crippen molar-refractivity contribution in [2.75, 3.05) is 19.8 Å². The minimum absolute atomic E-state index is 0.0243. The molecule has 8 heteroatoms. The van der Waals surface area contributed by atoms with E-state index in [-0.39, 0.29) is 30.2 Å². The summed E-state index contributed by atoms with van der Waals surface area (Å²) in [5.41, 5.74) is 5.28. The molecule has 1 saturated heterocycles. The van der Waals surface area contributed by atoms with Gasteiger partial charge in [-0.25, -0.2) is 9.59 Å². The summed E-state index contributed by atoms with van der Waals surface area (Å²) >= 11 is 0. The Hall–Kier alpha value is -3.52. The van der Waals surface area contributed by atoms with Gasteiger partial charge in [0.05, 0.1) is 0 Å². The number of carbonyl (C=O) groups excluding carboxylic acids is 2. The summed E-state index contributed by atoms with van der Waals surface area (Å²) in [4.78, 5) is 28.4. The largest absolute Gasteiger partial charge is 0.444 e. The Bertz CT molecular complexity index is 1580. The first-order chi connectivity index (χ1) is 23.7. The molecular formula is C42H61N3O5. The lowest BCUT2D eigenvalue weighted by Gasteiger charge is -2.38. The fraction of sp³-hybridized carbons (Fsp3) is 0.619. The van der Waals surface area contributed by atoms with Crippen molar-refractivity contribution in [3.05, 3.63) is 70.9 Å². The Morgan fingerprint density at radius 1 is 0.940 bits per heavy atom. The molecule has 1 saturated carbocycles. The molecule has 0 bridgehead atoms. The number of carbonyl (C=O) groups is 2. The highest BCUT2D eigenvalue weighted by Gasteiger charge is 2.34. The van der Waals surface area contributed by atoms with Crippen LogP contribution in [-0.4, -0.2) is 64.7 Å². The number of nitrogens with zero attached hydrogens (tertiary/aromatic N) is 2. The second-order valence-electron chi connectivity index (χ2n) is 16.6. The molecule has 0 radical (unpaired) electrons. The average Bonchev–Trinajstić information content (AvgIpc) is 3.39. The van der Waals surface area contributed by atoms with Crippen LogP contribution in [0, 0.1) is 12.8 Å². The Morgan fingerprint density at radius 2 is 1.64 bits per heavy atom. The van der Waals surface area contributed by atoms with Crippen LogP contribution in [0.4, 0.5) is 9.59 Å². The number of hydrogen-bond acceptors (Lipinski definition) is 5. The Labute approximate surface area is 300 Å². The molecule has 5 rings (SSSR count). The van der Waals surface area contributed by atoms with E-state index in [1.807, 2.05) is 46.4 Å². The number of benzene rings is 2. The summed E-state index contributed by atoms with van der Waals surface area (Å²) in [5.74, 6) is 0.689. The van der Waals surface area contributed by atoms with Gasteiger partial charge in [-0.15, -0.1) is 0 Å². The highest BCUT2D eigenvalue weighted by molar-refractivity contribution is 5.86. The lowest BCUT2D eigenvalue weighted by molar-refractivity contribution is 0.00968. The second kappa shape index (κ2) is 16.2. The van der Waals surface area contributed by atoms with Gasteiger partial charge in [0.1, 0.15) is 11.2 Å². The van der Waals surface area contributed by atoms with Crippen LogP contribution in [0.25, 0.3) is 10.9 Å². The van der Waals surface area contributed by atoms with Gasteiger partial charge in [0.2, 0.25) is 0 Å². The van der Waals surface area contributed by atoms with E-state index in [4.69, 9.17) is 14.2 Å². The number of ether oxygens (including phenoxy) is 3. The molecule has 1 atom stereocenters. The molecule has 8 nitrogen and oxygen atoms in total. The van der Waals surface area contributed by atoms with Gasteiger partial charge < -0.3 is 29.0 Å². The van der Waals surface area contributed by atoms with Crippen LogP contribution in [0.2, 0.25) is 0 Å². The molecule has 1 aliphatic heterocycles. The minimum Gasteiger partial charge on any atom is -0.444 e. The van der Waals surface area contributed by atoms with Crippen molar-refractivity contribution in [2.45, 2.75) is 143 Å². The van der Waals surface area contributed by atoms with Crippen molar-refractivity contribution in [3.8, 4) is 0 Å². The van der Waals surface area contributed by atoms with Gasteiger partial charge in [-0.1, -0.05) is 42.8 Å². The summed E-state index contributed by atoms with van der Waals surface area (Å²) in [6.45, 7) is 19.0. The molecule has 1 unspecified atom stereocenters. The van der Waals surface area contributed by atoms with Crippen molar-refractivity contribution in [1.82, 2.24) is 14.8 Å². The van der Waals surface area contributed by atoms with Crippen LogP contribution in [-0.2, 0) is 27.2 Å². The molecule has 2 amide bonds. The molecule has 1 N–H and O–H groups in total. The molecule has 3 aromatic rings. The molecular weight excluding hydrogens is 626 g/mol. The van der Waals surface area contributed by atoms with Gasteiger partial charge in [0.15, 0.2) is 0 Å². The lowest BCUT2D eigenvalue weighted by Crippen LogP contribution is -2.48. The monoisotopic (exact) mass is 687 g/mol. The lowest BCUT2D eigenvalue weighted by atomic mass is 9.86. The van der Waals surface area contributed by atoms with E-state index in [9.17, 15) is 9.59 Å². The number of rotatable bonds is 10. The van der Waals surface area contributed by atoms with Crippen molar-refractivity contribution in [2.24, 2.45) is 5.92 Å². The third-order valence-corrected chi connectivity index (χ3v) is 10.1. The standard InChI is InChI=1S/C42H61N3O5/c1-9-30-13-18-38-36(26-30)37(28-44(38)27-31-20-23-48-24-21-31)35(32-12-10-11-29(2)25-32)19-22-45(40(47)50-42(6,7)8)34-16-14-33(15-17-34)43-39(46)49-41(3,4)5/h10-13,18,25-26,28,31,33-35H,9,14-17,19-24,27H2,1-8H3,(H,43,46). The number of aromatic nitrogens is 1. The molecule has 50 heavy (non-hydrogen) atoms. The minimum atomic E-state index is -0.602. The van der Waals surface area contributed by atoms with Crippen molar-refractivity contribution in [3.63, 3.8) is 0 Å². The fourth-order valence-corrected chi connectivity index (χ4v) is 7.63. The maximum absolute atomic E-state index is 13.9. The second-order valence-corrected chi connectivity index (χ2v) is 16.6. The Morgan fingerprint density at radius 3 is 2.28 bits per heavy atom. The first kappa shape index (κ1) is 37.7. The van der Waals surface area contributed by atoms with E-state index >= 15 is 0 Å². The van der Waals surface area contributed by atoms with Gasteiger partial charge in [-0.05, 0) is 135 Å². The molecule has 2 fully saturated rings. The summed E-state index contributed by atoms with van der Waals surface area (Å²) < 4.78 is 19.7. The molecule has 2 aromatic carbocycles. The zero-order chi connectivity index (χ0) is 36.1. The van der Waals surface area contributed by atoms with Gasteiger partial charge >= 0.3 is 12.2 Å². The molecule has 274 valence electrons. The van der Waals surface area contributed by atoms with Crippen LogP contribution in [0.15, 0.2) is 48.7 Å². The van der Waals surface area contributed by atoms with Gasteiger partial charge in [0, 0.05) is 61.4 Å². The van der Waals surface area contributed by atoms with Crippen molar-refractivity contribution < 1.29 is 23.8 Å². The normalized spacial score (nSPS) is 19.6. The summed E-state index contributed by atoms with van der Waals surface area (Å²) in [5, 5.41) is 4.36. The first-order valence-corrected chi connectivity index (χ1v) is 18.9. The van der Waals surface area contributed by atoms with E-state index < -0.39 is 11.2 Å². The van der Waals surface area contributed by atoms with Crippen molar-refractivity contribution in [1.29, 1.82) is 0 Å². The quantitative estimate of drug-likeness (QED) is 0.230. The molecule has 1 aromatic heterocycles. The van der Waals surface area contributed by atoms with E-state index in [0.717, 1.165) is 71.1 Å². The summed E-state index contributed by atoms with van der Waals surface area (Å²) in [6, 6.07) is 15.9. The zero-order valence-electron chi connectivity index (χ0n) is 31.8. The third kappa shape index (κ3) is 10.3. The van der Waals surface area contributed by atoms with Crippen LogP contribution in [0.3, 0.4) is 0 Å². The number of amides is 2. The van der Waals surface area contributed by atoms with Gasteiger partial charge in [-0.2, -0.15) is 0 Å². The SMILES string of the molecule is CCc1ccc2c(c1)c(C(CCN(C(=O)OC(C)(C)C)C1CCC(NC(=O)OC(C)(C)C)CC1)c1cccc(C)c1)cn2CC1CCOCC1. The Balaban J connectivity index is 1.44. The van der Waals surface area contributed by atoms with Crippen molar-refractivity contribution >= 4 is 23.1 Å². The maximum Gasteiger partial charge on any atom is 0.410 e. The highest BCUT2D eigenvalue weighted by Crippen LogP contribution is 2.38. The van der Waals surface area contributed by atoms with Crippen LogP contribution < -0.4 is 5.32 Å². The number of fused-ring (bicyclic) bond motifs is 1. The van der Waals surface area contributed by atoms with E-state index in [1.54, 1.807) is 0 Å². The molecule has 0 spiro atoms.